The average Bonchev–Trinajstić information content (AvgIpc) is 3.28. The van der Waals surface area contributed by atoms with Crippen LogP contribution < -0.4 is 0 Å². The molecule has 3 aromatic carbocycles. The summed E-state index contributed by atoms with van der Waals surface area (Å²) in [5, 5.41) is 0. The van der Waals surface area contributed by atoms with Crippen LogP contribution in [-0.2, 0) is 17.6 Å². The van der Waals surface area contributed by atoms with E-state index in [1.54, 1.807) is 24.3 Å². The van der Waals surface area contributed by atoms with Gasteiger partial charge in [0.05, 0.1) is 12.7 Å². The van der Waals surface area contributed by atoms with Gasteiger partial charge in [0.2, 0.25) is 0 Å². The van der Waals surface area contributed by atoms with Gasteiger partial charge in [-0.1, -0.05) is 69.9 Å². The van der Waals surface area contributed by atoms with Crippen LogP contribution in [0.1, 0.15) is 87.2 Å². The van der Waals surface area contributed by atoms with Crippen molar-refractivity contribution in [2.45, 2.75) is 77.7 Å². The molecule has 2 unspecified atom stereocenters. The monoisotopic (exact) mass is 510 g/mol. The van der Waals surface area contributed by atoms with Gasteiger partial charge in [-0.25, -0.2) is 17.6 Å². The maximum absolute atomic E-state index is 15.3. The van der Waals surface area contributed by atoms with Gasteiger partial charge in [-0.15, -0.1) is 0 Å². The van der Waals surface area contributed by atoms with E-state index >= 15 is 8.78 Å². The molecule has 5 rings (SSSR count). The number of benzene rings is 3. The molecule has 1 aliphatic heterocycles. The maximum Gasteiger partial charge on any atom is 0.167 e. The lowest BCUT2D eigenvalue weighted by molar-refractivity contribution is -0.0198. The van der Waals surface area contributed by atoms with Crippen LogP contribution in [0.25, 0.3) is 22.3 Å². The minimum absolute atomic E-state index is 0.0165. The molecule has 1 fully saturated rings. The molecule has 1 saturated heterocycles. The lowest BCUT2D eigenvalue weighted by Gasteiger charge is -2.29. The molecule has 1 aliphatic carbocycles. The molecule has 1 heterocycles. The van der Waals surface area contributed by atoms with Gasteiger partial charge in [0, 0.05) is 16.7 Å². The minimum Gasteiger partial charge on any atom is -0.373 e. The molecule has 3 aromatic rings. The summed E-state index contributed by atoms with van der Waals surface area (Å²) >= 11 is 0. The highest BCUT2D eigenvalue weighted by atomic mass is 19.2. The maximum atomic E-state index is 15.3. The molecule has 0 saturated carbocycles. The van der Waals surface area contributed by atoms with E-state index in [0.29, 0.717) is 35.4 Å². The van der Waals surface area contributed by atoms with Gasteiger partial charge in [-0.2, -0.15) is 0 Å². The van der Waals surface area contributed by atoms with Crippen molar-refractivity contribution in [3.05, 3.63) is 81.9 Å². The first-order valence-corrected chi connectivity index (χ1v) is 13.7. The third-order valence-electron chi connectivity index (χ3n) is 7.98. The predicted molar refractivity (Wildman–Crippen MR) is 140 cm³/mol. The summed E-state index contributed by atoms with van der Waals surface area (Å²) in [6.45, 7) is 4.86. The van der Waals surface area contributed by atoms with Crippen LogP contribution in [0.5, 0.6) is 0 Å². The highest BCUT2D eigenvalue weighted by molar-refractivity contribution is 5.82. The van der Waals surface area contributed by atoms with Gasteiger partial charge in [-0.3, -0.25) is 0 Å². The second kappa shape index (κ2) is 11.0. The highest BCUT2D eigenvalue weighted by Crippen LogP contribution is 2.45. The molecule has 0 spiro atoms. The zero-order valence-electron chi connectivity index (χ0n) is 21.6. The van der Waals surface area contributed by atoms with E-state index in [-0.39, 0.29) is 34.8 Å². The summed E-state index contributed by atoms with van der Waals surface area (Å²) < 4.78 is 66.3. The molecule has 0 bridgehead atoms. The molecule has 1 nitrogen and oxygen atoms in total. The van der Waals surface area contributed by atoms with Crippen LogP contribution in [0.4, 0.5) is 17.6 Å². The zero-order valence-corrected chi connectivity index (χ0v) is 21.6. The van der Waals surface area contributed by atoms with Gasteiger partial charge in [-0.05, 0) is 71.9 Å². The highest BCUT2D eigenvalue weighted by Gasteiger charge is 2.32. The first kappa shape index (κ1) is 26.0. The Kier molecular flexibility index (Phi) is 7.71. The van der Waals surface area contributed by atoms with Crippen LogP contribution in [0.3, 0.4) is 0 Å². The fraction of sp³-hybridized carbons (Fsp3) is 0.438. The van der Waals surface area contributed by atoms with Crippen LogP contribution in [0.15, 0.2) is 36.4 Å². The number of hydrogen-bond donors (Lipinski definition) is 0. The normalized spacial score (nSPS) is 18.6. The molecule has 2 atom stereocenters. The van der Waals surface area contributed by atoms with Crippen molar-refractivity contribution in [1.29, 1.82) is 0 Å². The Morgan fingerprint density at radius 3 is 2.14 bits per heavy atom. The molecule has 0 N–H and O–H groups in total. The van der Waals surface area contributed by atoms with Crippen molar-refractivity contribution in [3.63, 3.8) is 0 Å². The Labute approximate surface area is 216 Å². The van der Waals surface area contributed by atoms with Crippen molar-refractivity contribution in [1.82, 2.24) is 0 Å². The van der Waals surface area contributed by atoms with Crippen LogP contribution in [-0.4, -0.2) is 6.61 Å². The lowest BCUT2D eigenvalue weighted by atomic mass is 9.90. The number of aryl methyl sites for hydroxylation is 1. The zero-order chi connectivity index (χ0) is 26.1. The van der Waals surface area contributed by atoms with Crippen molar-refractivity contribution < 1.29 is 22.3 Å². The number of hydrogen-bond acceptors (Lipinski definition) is 1. The summed E-state index contributed by atoms with van der Waals surface area (Å²) in [6, 6.07) is 10.6. The number of ether oxygens (including phenoxy) is 1. The Balaban J connectivity index is 1.37. The van der Waals surface area contributed by atoms with E-state index < -0.39 is 23.3 Å². The largest absolute Gasteiger partial charge is 0.373 e. The molecular weight excluding hydrogens is 476 g/mol. The van der Waals surface area contributed by atoms with E-state index in [4.69, 9.17) is 4.74 Å². The molecule has 196 valence electrons. The Morgan fingerprint density at radius 1 is 0.784 bits per heavy atom. The van der Waals surface area contributed by atoms with Gasteiger partial charge in [0.15, 0.2) is 23.3 Å². The molecule has 0 radical (unpaired) electrons. The summed E-state index contributed by atoms with van der Waals surface area (Å²) in [4.78, 5) is 0. The molecule has 2 aliphatic rings. The fourth-order valence-electron chi connectivity index (χ4n) is 5.96. The Bertz CT molecular complexity index is 1270. The molecule has 5 heteroatoms. The second-order valence-corrected chi connectivity index (χ2v) is 10.6. The van der Waals surface area contributed by atoms with Crippen molar-refractivity contribution in [2.24, 2.45) is 5.92 Å². The lowest BCUT2D eigenvalue weighted by Crippen LogP contribution is -2.20. The van der Waals surface area contributed by atoms with Gasteiger partial charge >= 0.3 is 0 Å². The van der Waals surface area contributed by atoms with E-state index in [2.05, 4.69) is 6.92 Å². The summed E-state index contributed by atoms with van der Waals surface area (Å²) in [7, 11) is 0. The quantitative estimate of drug-likeness (QED) is 0.169. The first-order chi connectivity index (χ1) is 17.9. The van der Waals surface area contributed by atoms with Crippen LogP contribution >= 0.6 is 0 Å². The van der Waals surface area contributed by atoms with Crippen molar-refractivity contribution in [2.75, 3.05) is 6.61 Å². The van der Waals surface area contributed by atoms with E-state index in [1.165, 1.54) is 25.7 Å². The van der Waals surface area contributed by atoms with Crippen LogP contribution in [0.2, 0.25) is 0 Å². The molecule has 37 heavy (non-hydrogen) atoms. The SMILES string of the molecule is CCCCCC1CCC(c2ccc(-c3cc4c(c(F)c3F)-c3c(cc(CCC)c(F)c3F)C4)cc2)OC1. The molecular formula is C32H34F4O. The molecule has 0 aromatic heterocycles. The predicted octanol–water partition coefficient (Wildman–Crippen LogP) is 9.48. The smallest absolute Gasteiger partial charge is 0.167 e. The number of rotatable bonds is 8. The fourth-order valence-corrected chi connectivity index (χ4v) is 5.96. The number of fused-ring (bicyclic) bond motifs is 3. The molecule has 0 amide bonds. The van der Waals surface area contributed by atoms with E-state index in [0.717, 1.165) is 25.0 Å². The minimum atomic E-state index is -1.12. The summed E-state index contributed by atoms with van der Waals surface area (Å²) in [5.74, 6) is -3.60. The van der Waals surface area contributed by atoms with E-state index in [9.17, 15) is 8.78 Å². The standard InChI is InChI=1S/C32H34F4O/c1-3-5-6-8-19-9-14-26(37-18-19)21-12-10-20(11-13-21)25-17-24-16-23-15-22(7-4-2)29(33)31(35)27(23)28(24)32(36)30(25)34/h10-13,15,17,19,26H,3-9,14,16,18H2,1-2H3. The first-order valence-electron chi connectivity index (χ1n) is 13.7. The van der Waals surface area contributed by atoms with Gasteiger partial charge in [0.1, 0.15) is 0 Å². The Morgan fingerprint density at radius 2 is 1.49 bits per heavy atom. The number of halogens is 4. The number of unbranched alkanes of at least 4 members (excludes halogenated alkanes) is 2. The van der Waals surface area contributed by atoms with E-state index in [1.807, 2.05) is 19.1 Å². The van der Waals surface area contributed by atoms with Gasteiger partial charge in [0.25, 0.3) is 0 Å². The van der Waals surface area contributed by atoms with Gasteiger partial charge < -0.3 is 4.74 Å². The Hall–Kier alpha value is -2.66. The average molecular weight is 511 g/mol. The van der Waals surface area contributed by atoms with Crippen molar-refractivity contribution >= 4 is 0 Å². The summed E-state index contributed by atoms with van der Waals surface area (Å²) in [6.07, 6.45) is 8.36. The topological polar surface area (TPSA) is 9.23 Å². The third kappa shape index (κ3) is 4.95. The van der Waals surface area contributed by atoms with Crippen LogP contribution in [0, 0.1) is 29.2 Å². The third-order valence-corrected chi connectivity index (χ3v) is 7.98. The van der Waals surface area contributed by atoms with Crippen molar-refractivity contribution in [3.8, 4) is 22.3 Å². The second-order valence-electron chi connectivity index (χ2n) is 10.6. The summed E-state index contributed by atoms with van der Waals surface area (Å²) in [5.41, 5.74) is 2.67.